The predicted octanol–water partition coefficient (Wildman–Crippen LogP) is 3.83. The molecule has 3 rings (SSSR count). The molecule has 3 aromatic rings. The first kappa shape index (κ1) is 20.0. The summed E-state index contributed by atoms with van der Waals surface area (Å²) in [5.41, 5.74) is 1.94. The number of carbonyl (C=O) groups excluding carboxylic acids is 2. The van der Waals surface area contributed by atoms with Crippen molar-refractivity contribution in [2.45, 2.75) is 13.0 Å². The molecule has 0 aliphatic rings. The summed E-state index contributed by atoms with van der Waals surface area (Å²) in [6.45, 7) is 1.97. The number of carbonyl (C=O) groups is 2. The molecule has 2 amide bonds. The fourth-order valence-electron chi connectivity index (χ4n) is 2.70. The molecule has 1 aromatic heterocycles. The van der Waals surface area contributed by atoms with E-state index in [1.807, 2.05) is 13.0 Å². The van der Waals surface area contributed by atoms with Gasteiger partial charge >= 0.3 is 0 Å². The number of amides is 2. The largest absolute Gasteiger partial charge is 0.497 e. The summed E-state index contributed by atoms with van der Waals surface area (Å²) in [6.07, 6.45) is 1.57. The van der Waals surface area contributed by atoms with E-state index in [0.29, 0.717) is 17.0 Å². The van der Waals surface area contributed by atoms with Gasteiger partial charge in [-0.05, 0) is 67.6 Å². The number of hydrogen-bond donors (Lipinski definition) is 3. The van der Waals surface area contributed by atoms with Crippen LogP contribution in [0.4, 0.5) is 11.4 Å². The van der Waals surface area contributed by atoms with E-state index in [0.717, 1.165) is 11.4 Å². The Morgan fingerprint density at radius 2 is 1.69 bits per heavy atom. The lowest BCUT2D eigenvalue weighted by Gasteiger charge is -2.12. The highest BCUT2D eigenvalue weighted by Crippen LogP contribution is 2.17. The number of hydrogen-bond acceptors (Lipinski definition) is 5. The van der Waals surface area contributed by atoms with E-state index in [1.165, 1.54) is 0 Å². The van der Waals surface area contributed by atoms with Crippen LogP contribution in [0.3, 0.4) is 0 Å². The zero-order valence-corrected chi connectivity index (χ0v) is 16.3. The normalized spacial score (nSPS) is 11.4. The fraction of sp³-hybridized carbons (Fsp3) is 0.182. The number of rotatable bonds is 8. The van der Waals surface area contributed by atoms with Crippen LogP contribution in [0.25, 0.3) is 0 Å². The van der Waals surface area contributed by atoms with Crippen molar-refractivity contribution in [2.75, 3.05) is 24.3 Å². The molecule has 1 heterocycles. The van der Waals surface area contributed by atoms with Crippen molar-refractivity contribution in [1.29, 1.82) is 0 Å². The first-order chi connectivity index (χ1) is 14.0. The third kappa shape index (κ3) is 5.62. The average Bonchev–Trinajstić information content (AvgIpc) is 3.28. The smallest absolute Gasteiger partial charge is 0.255 e. The van der Waals surface area contributed by atoms with E-state index in [4.69, 9.17) is 9.15 Å². The van der Waals surface area contributed by atoms with Crippen LogP contribution in [0.2, 0.25) is 0 Å². The Morgan fingerprint density at radius 1 is 1.00 bits per heavy atom. The topological polar surface area (TPSA) is 92.6 Å². The van der Waals surface area contributed by atoms with Crippen LogP contribution in [0, 0.1) is 0 Å². The number of benzene rings is 2. The summed E-state index contributed by atoms with van der Waals surface area (Å²) in [4.78, 5) is 24.4. The van der Waals surface area contributed by atoms with Gasteiger partial charge in [0.2, 0.25) is 5.91 Å². The van der Waals surface area contributed by atoms with Crippen molar-refractivity contribution < 1.29 is 18.7 Å². The van der Waals surface area contributed by atoms with E-state index in [9.17, 15) is 9.59 Å². The molecule has 2 aromatic carbocycles. The molecule has 0 fully saturated rings. The molecular formula is C22H23N3O4. The van der Waals surface area contributed by atoms with Crippen LogP contribution in [0.15, 0.2) is 71.3 Å². The van der Waals surface area contributed by atoms with Gasteiger partial charge in [0, 0.05) is 16.9 Å². The monoisotopic (exact) mass is 393 g/mol. The molecule has 150 valence electrons. The molecule has 1 unspecified atom stereocenters. The maximum Gasteiger partial charge on any atom is 0.255 e. The van der Waals surface area contributed by atoms with Crippen molar-refractivity contribution >= 4 is 23.2 Å². The number of ether oxygens (including phenoxy) is 1. The molecule has 3 N–H and O–H groups in total. The van der Waals surface area contributed by atoms with Crippen molar-refractivity contribution in [3.8, 4) is 5.75 Å². The highest BCUT2D eigenvalue weighted by Gasteiger charge is 2.12. The highest BCUT2D eigenvalue weighted by molar-refractivity contribution is 6.04. The fourth-order valence-corrected chi connectivity index (χ4v) is 2.70. The van der Waals surface area contributed by atoms with Crippen LogP contribution in [0.1, 0.15) is 29.1 Å². The van der Waals surface area contributed by atoms with Gasteiger partial charge in [-0.15, -0.1) is 0 Å². The second-order valence-corrected chi connectivity index (χ2v) is 6.42. The molecule has 0 saturated carbocycles. The minimum Gasteiger partial charge on any atom is -0.497 e. The zero-order chi connectivity index (χ0) is 20.6. The number of anilines is 2. The minimum absolute atomic E-state index is 0.114. The van der Waals surface area contributed by atoms with Gasteiger partial charge in [-0.3, -0.25) is 9.59 Å². The molecule has 0 aliphatic heterocycles. The molecule has 7 heteroatoms. The van der Waals surface area contributed by atoms with Gasteiger partial charge in [-0.25, -0.2) is 0 Å². The van der Waals surface area contributed by atoms with Crippen LogP contribution >= 0.6 is 0 Å². The quantitative estimate of drug-likeness (QED) is 0.541. The molecule has 0 spiro atoms. The van der Waals surface area contributed by atoms with Crippen molar-refractivity contribution in [1.82, 2.24) is 5.32 Å². The molecule has 1 atom stereocenters. The SMILES string of the molecule is COc1ccc(NC(=O)c2ccc(NCC(=O)NC(C)c3ccco3)cc2)cc1. The van der Waals surface area contributed by atoms with Gasteiger partial charge in [0.1, 0.15) is 11.5 Å². The van der Waals surface area contributed by atoms with Gasteiger partial charge in [0.25, 0.3) is 5.91 Å². The van der Waals surface area contributed by atoms with Crippen molar-refractivity contribution in [3.63, 3.8) is 0 Å². The highest BCUT2D eigenvalue weighted by atomic mass is 16.5. The van der Waals surface area contributed by atoms with Crippen LogP contribution in [0.5, 0.6) is 5.75 Å². The van der Waals surface area contributed by atoms with Crippen LogP contribution in [-0.2, 0) is 4.79 Å². The number of nitrogens with one attached hydrogen (secondary N) is 3. The number of methoxy groups -OCH3 is 1. The second kappa shape index (κ2) is 9.45. The molecule has 0 aliphatic carbocycles. The average molecular weight is 393 g/mol. The van der Waals surface area contributed by atoms with E-state index in [1.54, 1.807) is 68.0 Å². The first-order valence-electron chi connectivity index (χ1n) is 9.17. The Balaban J connectivity index is 1.48. The summed E-state index contributed by atoms with van der Waals surface area (Å²) in [7, 11) is 1.59. The van der Waals surface area contributed by atoms with E-state index in [2.05, 4.69) is 16.0 Å². The summed E-state index contributed by atoms with van der Waals surface area (Å²) < 4.78 is 10.4. The molecule has 7 nitrogen and oxygen atoms in total. The molecular weight excluding hydrogens is 370 g/mol. The molecule has 0 radical (unpaired) electrons. The van der Waals surface area contributed by atoms with Crippen LogP contribution < -0.4 is 20.7 Å². The Hall–Kier alpha value is -3.74. The van der Waals surface area contributed by atoms with E-state index in [-0.39, 0.29) is 24.4 Å². The lowest BCUT2D eigenvalue weighted by Crippen LogP contribution is -2.31. The minimum atomic E-state index is -0.216. The van der Waals surface area contributed by atoms with Crippen LogP contribution in [-0.4, -0.2) is 25.5 Å². The molecule has 0 saturated heterocycles. The Kier molecular flexibility index (Phi) is 6.52. The van der Waals surface area contributed by atoms with Gasteiger partial charge in [0.15, 0.2) is 0 Å². The third-order valence-electron chi connectivity index (χ3n) is 4.30. The maximum absolute atomic E-state index is 12.3. The summed E-state index contributed by atoms with van der Waals surface area (Å²) >= 11 is 0. The van der Waals surface area contributed by atoms with Crippen molar-refractivity contribution in [3.05, 3.63) is 78.3 Å². The van der Waals surface area contributed by atoms with Gasteiger partial charge in [-0.2, -0.15) is 0 Å². The molecule has 0 bridgehead atoms. The summed E-state index contributed by atoms with van der Waals surface area (Å²) in [5.74, 6) is 1.05. The first-order valence-corrected chi connectivity index (χ1v) is 9.17. The predicted molar refractivity (Wildman–Crippen MR) is 111 cm³/mol. The van der Waals surface area contributed by atoms with Crippen molar-refractivity contribution in [2.24, 2.45) is 0 Å². The van der Waals surface area contributed by atoms with E-state index < -0.39 is 0 Å². The lowest BCUT2D eigenvalue weighted by molar-refractivity contribution is -0.120. The zero-order valence-electron chi connectivity index (χ0n) is 16.3. The third-order valence-corrected chi connectivity index (χ3v) is 4.30. The Bertz CT molecular complexity index is 935. The molecule has 29 heavy (non-hydrogen) atoms. The maximum atomic E-state index is 12.3. The summed E-state index contributed by atoms with van der Waals surface area (Å²) in [6, 6.07) is 17.4. The Labute approximate surface area is 169 Å². The van der Waals surface area contributed by atoms with Gasteiger partial charge in [0.05, 0.1) is 26.0 Å². The van der Waals surface area contributed by atoms with Gasteiger partial charge in [-0.1, -0.05) is 0 Å². The van der Waals surface area contributed by atoms with E-state index >= 15 is 0 Å². The standard InChI is InChI=1S/C22H23N3O4/c1-15(20-4-3-13-29-20)24-21(26)14-23-17-7-5-16(6-8-17)22(27)25-18-9-11-19(28-2)12-10-18/h3-13,15,23H,14H2,1-2H3,(H,24,26)(H,25,27). The number of furan rings is 1. The van der Waals surface area contributed by atoms with Gasteiger partial charge < -0.3 is 25.1 Å². The lowest BCUT2D eigenvalue weighted by atomic mass is 10.2. The second-order valence-electron chi connectivity index (χ2n) is 6.42. The Morgan fingerprint density at radius 3 is 2.31 bits per heavy atom. The summed E-state index contributed by atoms with van der Waals surface area (Å²) in [5, 5.41) is 8.71.